The number of aliphatic hydroxyl groups excluding tert-OH is 1. The monoisotopic (exact) mass is 257 g/mol. The molecule has 18 heavy (non-hydrogen) atoms. The molecule has 0 heterocycles. The zero-order chi connectivity index (χ0) is 13.6. The van der Waals surface area contributed by atoms with Crippen molar-refractivity contribution in [3.63, 3.8) is 0 Å². The molecule has 0 aromatic heterocycles. The van der Waals surface area contributed by atoms with Gasteiger partial charge < -0.3 is 10.0 Å². The summed E-state index contributed by atoms with van der Waals surface area (Å²) in [6.07, 6.45) is 12.0. The van der Waals surface area contributed by atoms with E-state index in [-0.39, 0.29) is 0 Å². The van der Waals surface area contributed by atoms with E-state index in [1.54, 1.807) is 0 Å². The molecule has 0 saturated heterocycles. The molecule has 0 bridgehead atoms. The Morgan fingerprint density at radius 1 is 0.778 bits per heavy atom. The zero-order valence-corrected chi connectivity index (χ0v) is 13.0. The van der Waals surface area contributed by atoms with Crippen molar-refractivity contribution in [2.75, 3.05) is 19.7 Å². The van der Waals surface area contributed by atoms with Crippen molar-refractivity contribution in [1.82, 2.24) is 4.90 Å². The van der Waals surface area contributed by atoms with E-state index in [1.807, 2.05) is 0 Å². The summed E-state index contributed by atoms with van der Waals surface area (Å²) in [5.41, 5.74) is 0. The molecule has 0 aliphatic carbocycles. The van der Waals surface area contributed by atoms with E-state index >= 15 is 0 Å². The summed E-state index contributed by atoms with van der Waals surface area (Å²) in [6, 6.07) is 0.612. The van der Waals surface area contributed by atoms with Crippen LogP contribution in [0.25, 0.3) is 0 Å². The minimum atomic E-state index is 0.320. The van der Waals surface area contributed by atoms with Crippen LogP contribution >= 0.6 is 0 Å². The summed E-state index contributed by atoms with van der Waals surface area (Å²) in [5, 5.41) is 8.88. The van der Waals surface area contributed by atoms with E-state index in [4.69, 9.17) is 5.11 Å². The fourth-order valence-electron chi connectivity index (χ4n) is 2.35. The molecule has 110 valence electrons. The minimum absolute atomic E-state index is 0.320. The zero-order valence-electron chi connectivity index (χ0n) is 13.0. The van der Waals surface area contributed by atoms with Gasteiger partial charge in [-0.1, -0.05) is 51.9 Å². The summed E-state index contributed by atoms with van der Waals surface area (Å²) in [5.74, 6) is 0. The molecule has 0 spiro atoms. The van der Waals surface area contributed by atoms with Crippen molar-refractivity contribution in [3.8, 4) is 0 Å². The van der Waals surface area contributed by atoms with Crippen LogP contribution < -0.4 is 0 Å². The fraction of sp³-hybridized carbons (Fsp3) is 1.00. The summed E-state index contributed by atoms with van der Waals surface area (Å²) >= 11 is 0. The number of unbranched alkanes of at least 4 members (excludes halogenated alkanes) is 7. The maximum Gasteiger partial charge on any atom is 0.0443 e. The standard InChI is InChI=1S/C16H35NO/c1-4-5-6-7-8-9-10-11-13-17(16(2)3)14-12-15-18/h16,18H,4-15H2,1-3H3. The Morgan fingerprint density at radius 3 is 1.78 bits per heavy atom. The largest absolute Gasteiger partial charge is 0.396 e. The van der Waals surface area contributed by atoms with E-state index in [2.05, 4.69) is 25.7 Å². The van der Waals surface area contributed by atoms with Crippen LogP contribution in [-0.2, 0) is 0 Å². The average molecular weight is 257 g/mol. The van der Waals surface area contributed by atoms with Crippen LogP contribution in [0.4, 0.5) is 0 Å². The number of rotatable bonds is 13. The second kappa shape index (κ2) is 13.4. The Bertz CT molecular complexity index is 159. The number of aliphatic hydroxyl groups is 1. The maximum atomic E-state index is 8.88. The quantitative estimate of drug-likeness (QED) is 0.499. The molecule has 0 radical (unpaired) electrons. The summed E-state index contributed by atoms with van der Waals surface area (Å²) in [4.78, 5) is 2.49. The Balaban J connectivity index is 3.37. The van der Waals surface area contributed by atoms with E-state index < -0.39 is 0 Å². The minimum Gasteiger partial charge on any atom is -0.396 e. The lowest BCUT2D eigenvalue weighted by Gasteiger charge is -2.26. The highest BCUT2D eigenvalue weighted by molar-refractivity contribution is 4.62. The molecule has 2 nitrogen and oxygen atoms in total. The lowest BCUT2D eigenvalue weighted by atomic mass is 10.1. The molecule has 0 fully saturated rings. The second-order valence-electron chi connectivity index (χ2n) is 5.68. The van der Waals surface area contributed by atoms with Gasteiger partial charge in [-0.15, -0.1) is 0 Å². The molecule has 0 rings (SSSR count). The molecule has 0 atom stereocenters. The third-order valence-corrected chi connectivity index (χ3v) is 3.63. The van der Waals surface area contributed by atoms with Gasteiger partial charge in [-0.25, -0.2) is 0 Å². The molecule has 0 aliphatic heterocycles. The predicted octanol–water partition coefficient (Wildman–Crippen LogP) is 4.22. The predicted molar refractivity (Wildman–Crippen MR) is 81.0 cm³/mol. The number of hydrogen-bond acceptors (Lipinski definition) is 2. The van der Waals surface area contributed by atoms with Crippen LogP contribution in [0.5, 0.6) is 0 Å². The van der Waals surface area contributed by atoms with E-state index in [1.165, 1.54) is 57.9 Å². The van der Waals surface area contributed by atoms with Crippen molar-refractivity contribution < 1.29 is 5.11 Å². The Morgan fingerprint density at radius 2 is 1.28 bits per heavy atom. The van der Waals surface area contributed by atoms with Gasteiger partial charge in [0, 0.05) is 19.2 Å². The van der Waals surface area contributed by atoms with Gasteiger partial charge in [-0.2, -0.15) is 0 Å². The third kappa shape index (κ3) is 11.0. The summed E-state index contributed by atoms with van der Waals surface area (Å²) in [6.45, 7) is 9.34. The van der Waals surface area contributed by atoms with Crippen molar-refractivity contribution in [1.29, 1.82) is 0 Å². The highest BCUT2D eigenvalue weighted by atomic mass is 16.3. The highest BCUT2D eigenvalue weighted by Gasteiger charge is 2.07. The molecular formula is C16H35NO. The van der Waals surface area contributed by atoms with Gasteiger partial charge in [0.25, 0.3) is 0 Å². The number of nitrogens with zero attached hydrogens (tertiary/aromatic N) is 1. The fourth-order valence-corrected chi connectivity index (χ4v) is 2.35. The Labute approximate surface area is 115 Å². The Hall–Kier alpha value is -0.0800. The second-order valence-corrected chi connectivity index (χ2v) is 5.68. The van der Waals surface area contributed by atoms with Gasteiger partial charge >= 0.3 is 0 Å². The first-order valence-corrected chi connectivity index (χ1v) is 8.07. The lowest BCUT2D eigenvalue weighted by Crippen LogP contribution is -2.33. The van der Waals surface area contributed by atoms with Crippen molar-refractivity contribution in [2.45, 2.75) is 84.6 Å². The SMILES string of the molecule is CCCCCCCCCCN(CCCO)C(C)C. The first-order chi connectivity index (χ1) is 8.72. The van der Waals surface area contributed by atoms with E-state index in [0.717, 1.165) is 13.0 Å². The van der Waals surface area contributed by atoms with Gasteiger partial charge in [0.1, 0.15) is 0 Å². The van der Waals surface area contributed by atoms with Gasteiger partial charge in [-0.3, -0.25) is 0 Å². The molecule has 0 aromatic carbocycles. The van der Waals surface area contributed by atoms with Crippen LogP contribution in [0.3, 0.4) is 0 Å². The van der Waals surface area contributed by atoms with Crippen LogP contribution in [0.1, 0.15) is 78.6 Å². The molecule has 0 aromatic rings. The van der Waals surface area contributed by atoms with Crippen molar-refractivity contribution in [3.05, 3.63) is 0 Å². The molecule has 0 amide bonds. The van der Waals surface area contributed by atoms with E-state index in [9.17, 15) is 0 Å². The van der Waals surface area contributed by atoms with Crippen LogP contribution in [0.15, 0.2) is 0 Å². The smallest absolute Gasteiger partial charge is 0.0443 e. The highest BCUT2D eigenvalue weighted by Crippen LogP contribution is 2.10. The lowest BCUT2D eigenvalue weighted by molar-refractivity contribution is 0.188. The number of hydrogen-bond donors (Lipinski definition) is 1. The average Bonchev–Trinajstić information content (AvgIpc) is 2.35. The van der Waals surface area contributed by atoms with Crippen molar-refractivity contribution >= 4 is 0 Å². The van der Waals surface area contributed by atoms with Crippen molar-refractivity contribution in [2.24, 2.45) is 0 Å². The van der Waals surface area contributed by atoms with Crippen LogP contribution in [-0.4, -0.2) is 35.7 Å². The first-order valence-electron chi connectivity index (χ1n) is 8.07. The van der Waals surface area contributed by atoms with Crippen LogP contribution in [0, 0.1) is 0 Å². The molecule has 0 saturated carbocycles. The Kier molecular flexibility index (Phi) is 13.3. The molecule has 0 aliphatic rings. The summed E-state index contributed by atoms with van der Waals surface area (Å²) < 4.78 is 0. The summed E-state index contributed by atoms with van der Waals surface area (Å²) in [7, 11) is 0. The third-order valence-electron chi connectivity index (χ3n) is 3.63. The molecule has 0 unspecified atom stereocenters. The van der Waals surface area contributed by atoms with Crippen LogP contribution in [0.2, 0.25) is 0 Å². The van der Waals surface area contributed by atoms with E-state index in [0.29, 0.717) is 12.6 Å². The van der Waals surface area contributed by atoms with Gasteiger partial charge in [0.2, 0.25) is 0 Å². The first kappa shape index (κ1) is 17.9. The maximum absolute atomic E-state index is 8.88. The van der Waals surface area contributed by atoms with Gasteiger partial charge in [0.05, 0.1) is 0 Å². The van der Waals surface area contributed by atoms with Gasteiger partial charge in [0.15, 0.2) is 0 Å². The normalized spacial score (nSPS) is 11.7. The molecule has 1 N–H and O–H groups in total. The topological polar surface area (TPSA) is 23.5 Å². The molecule has 2 heteroatoms. The molecular weight excluding hydrogens is 222 g/mol. The van der Waals surface area contributed by atoms with Gasteiger partial charge in [-0.05, 0) is 33.2 Å².